The summed E-state index contributed by atoms with van der Waals surface area (Å²) in [6.07, 6.45) is 0. The number of amides is 1. The number of rotatable bonds is 7. The maximum absolute atomic E-state index is 12.6. The molecule has 0 radical (unpaired) electrons. The Balaban J connectivity index is 1.62. The molecule has 1 amide bonds. The zero-order valence-electron chi connectivity index (χ0n) is 17.6. The molecule has 0 bridgehead atoms. The molecular weight excluding hydrogens is 488 g/mol. The number of methoxy groups -OCH3 is 1. The zero-order valence-corrected chi connectivity index (χ0v) is 20.0. The molecular formula is C24H21BrN4O2S. The summed E-state index contributed by atoms with van der Waals surface area (Å²) in [7, 11) is 1.58. The highest BCUT2D eigenvalue weighted by Crippen LogP contribution is 2.32. The third-order valence-corrected chi connectivity index (χ3v) is 6.37. The number of aryl methyl sites for hydroxylation is 1. The molecule has 0 aliphatic rings. The van der Waals surface area contributed by atoms with Gasteiger partial charge in [0, 0.05) is 15.7 Å². The van der Waals surface area contributed by atoms with E-state index in [1.165, 1.54) is 11.8 Å². The Labute approximate surface area is 199 Å². The molecule has 0 atom stereocenters. The summed E-state index contributed by atoms with van der Waals surface area (Å²) in [5.74, 6) is 1.34. The smallest absolute Gasteiger partial charge is 0.234 e. The number of hydrogen-bond acceptors (Lipinski definition) is 5. The van der Waals surface area contributed by atoms with E-state index >= 15 is 0 Å². The SMILES string of the molecule is COc1ccccc1NC(=O)CSc1nnc(-c2ccccc2Br)n1-c1ccc(C)cc1. The van der Waals surface area contributed by atoms with Crippen LogP contribution in [0.3, 0.4) is 0 Å². The number of nitrogens with zero attached hydrogens (tertiary/aromatic N) is 3. The zero-order chi connectivity index (χ0) is 22.5. The molecule has 6 nitrogen and oxygen atoms in total. The van der Waals surface area contributed by atoms with Gasteiger partial charge in [0.05, 0.1) is 18.6 Å². The minimum atomic E-state index is -0.152. The average molecular weight is 509 g/mol. The minimum Gasteiger partial charge on any atom is -0.495 e. The number of carbonyl (C=O) groups excluding carboxylic acids is 1. The number of thioether (sulfide) groups is 1. The molecule has 1 N–H and O–H groups in total. The first kappa shape index (κ1) is 22.1. The average Bonchev–Trinajstić information content (AvgIpc) is 3.22. The van der Waals surface area contributed by atoms with Gasteiger partial charge in [-0.1, -0.05) is 75.7 Å². The standard InChI is InChI=1S/C24H21BrN4O2S/c1-16-11-13-17(14-12-16)29-23(18-7-3-4-8-19(18)25)27-28-24(29)32-15-22(30)26-20-9-5-6-10-21(20)31-2/h3-14H,15H2,1-2H3,(H,26,30). The number of aromatic nitrogens is 3. The maximum atomic E-state index is 12.6. The van der Waals surface area contributed by atoms with Crippen LogP contribution in [0.1, 0.15) is 5.56 Å². The van der Waals surface area contributed by atoms with Crippen LogP contribution >= 0.6 is 27.7 Å². The van der Waals surface area contributed by atoms with Crippen molar-refractivity contribution in [3.63, 3.8) is 0 Å². The van der Waals surface area contributed by atoms with Gasteiger partial charge in [0.2, 0.25) is 5.91 Å². The second-order valence-corrected chi connectivity index (χ2v) is 8.79. The highest BCUT2D eigenvalue weighted by atomic mass is 79.9. The molecule has 0 aliphatic carbocycles. The summed E-state index contributed by atoms with van der Waals surface area (Å²) in [5.41, 5.74) is 3.65. The van der Waals surface area contributed by atoms with Crippen LogP contribution in [0.25, 0.3) is 17.1 Å². The number of nitrogens with one attached hydrogen (secondary N) is 1. The lowest BCUT2D eigenvalue weighted by molar-refractivity contribution is -0.113. The Morgan fingerprint density at radius 3 is 2.50 bits per heavy atom. The van der Waals surface area contributed by atoms with E-state index in [-0.39, 0.29) is 11.7 Å². The van der Waals surface area contributed by atoms with Gasteiger partial charge in [0.25, 0.3) is 0 Å². The normalized spacial score (nSPS) is 10.7. The number of hydrogen-bond donors (Lipinski definition) is 1. The van der Waals surface area contributed by atoms with E-state index < -0.39 is 0 Å². The molecule has 0 fully saturated rings. The first-order valence-corrected chi connectivity index (χ1v) is 11.7. The van der Waals surface area contributed by atoms with Crippen LogP contribution in [0.4, 0.5) is 5.69 Å². The van der Waals surface area contributed by atoms with Crippen molar-refractivity contribution in [2.75, 3.05) is 18.2 Å². The Morgan fingerprint density at radius 1 is 1.03 bits per heavy atom. The van der Waals surface area contributed by atoms with Crippen molar-refractivity contribution in [3.05, 3.63) is 82.8 Å². The van der Waals surface area contributed by atoms with Crippen LogP contribution in [-0.4, -0.2) is 33.5 Å². The summed E-state index contributed by atoms with van der Waals surface area (Å²) in [4.78, 5) is 12.6. The topological polar surface area (TPSA) is 69.0 Å². The second kappa shape index (κ2) is 10.0. The summed E-state index contributed by atoms with van der Waals surface area (Å²) in [6, 6.07) is 23.3. The van der Waals surface area contributed by atoms with Gasteiger partial charge in [0.15, 0.2) is 11.0 Å². The Morgan fingerprint density at radius 2 is 1.75 bits per heavy atom. The van der Waals surface area contributed by atoms with E-state index in [1.54, 1.807) is 19.2 Å². The summed E-state index contributed by atoms with van der Waals surface area (Å²) in [6.45, 7) is 2.04. The van der Waals surface area contributed by atoms with E-state index in [9.17, 15) is 4.79 Å². The van der Waals surface area contributed by atoms with Gasteiger partial charge in [-0.05, 0) is 37.3 Å². The van der Waals surface area contributed by atoms with Gasteiger partial charge < -0.3 is 10.1 Å². The lowest BCUT2D eigenvalue weighted by Gasteiger charge is -2.12. The third-order valence-electron chi connectivity index (χ3n) is 4.75. The lowest BCUT2D eigenvalue weighted by Crippen LogP contribution is -2.15. The Kier molecular flexibility index (Phi) is 6.92. The number of para-hydroxylation sites is 2. The molecule has 8 heteroatoms. The molecule has 0 saturated carbocycles. The number of benzene rings is 3. The van der Waals surface area contributed by atoms with E-state index in [1.807, 2.05) is 72.2 Å². The fourth-order valence-electron chi connectivity index (χ4n) is 3.17. The van der Waals surface area contributed by atoms with Crippen molar-refractivity contribution < 1.29 is 9.53 Å². The van der Waals surface area contributed by atoms with Crippen molar-refractivity contribution in [3.8, 4) is 22.8 Å². The van der Waals surface area contributed by atoms with Gasteiger partial charge in [-0.15, -0.1) is 10.2 Å². The van der Waals surface area contributed by atoms with Crippen LogP contribution in [-0.2, 0) is 4.79 Å². The molecule has 32 heavy (non-hydrogen) atoms. The first-order valence-electron chi connectivity index (χ1n) is 9.90. The molecule has 0 unspecified atom stereocenters. The monoisotopic (exact) mass is 508 g/mol. The predicted molar refractivity (Wildman–Crippen MR) is 132 cm³/mol. The van der Waals surface area contributed by atoms with Crippen LogP contribution < -0.4 is 10.1 Å². The van der Waals surface area contributed by atoms with Gasteiger partial charge in [0.1, 0.15) is 5.75 Å². The van der Waals surface area contributed by atoms with Crippen molar-refractivity contribution >= 4 is 39.3 Å². The number of ether oxygens (including phenoxy) is 1. The number of halogens is 1. The van der Waals surface area contributed by atoms with E-state index in [0.29, 0.717) is 22.4 Å². The second-order valence-electron chi connectivity index (χ2n) is 6.99. The van der Waals surface area contributed by atoms with E-state index in [4.69, 9.17) is 4.74 Å². The fourth-order valence-corrected chi connectivity index (χ4v) is 4.39. The van der Waals surface area contributed by atoms with Crippen LogP contribution in [0, 0.1) is 6.92 Å². The highest BCUT2D eigenvalue weighted by molar-refractivity contribution is 9.10. The number of anilines is 1. The van der Waals surface area contributed by atoms with Gasteiger partial charge in [-0.25, -0.2) is 0 Å². The molecule has 3 aromatic carbocycles. The summed E-state index contributed by atoms with van der Waals surface area (Å²) >= 11 is 4.94. The van der Waals surface area contributed by atoms with E-state index in [2.05, 4.69) is 31.4 Å². The summed E-state index contributed by atoms with van der Waals surface area (Å²) in [5, 5.41) is 12.4. The molecule has 0 saturated heterocycles. The van der Waals surface area contributed by atoms with Crippen LogP contribution in [0.5, 0.6) is 5.75 Å². The first-order chi connectivity index (χ1) is 15.6. The number of carbonyl (C=O) groups is 1. The molecule has 4 aromatic rings. The van der Waals surface area contributed by atoms with Gasteiger partial charge >= 0.3 is 0 Å². The van der Waals surface area contributed by atoms with Gasteiger partial charge in [-0.2, -0.15) is 0 Å². The molecule has 1 heterocycles. The minimum absolute atomic E-state index is 0.152. The van der Waals surface area contributed by atoms with E-state index in [0.717, 1.165) is 21.3 Å². The van der Waals surface area contributed by atoms with Crippen LogP contribution in [0.2, 0.25) is 0 Å². The quantitative estimate of drug-likeness (QED) is 0.322. The Bertz CT molecular complexity index is 1240. The molecule has 0 aliphatic heterocycles. The van der Waals surface area contributed by atoms with Gasteiger partial charge in [-0.3, -0.25) is 9.36 Å². The fraction of sp³-hybridized carbons (Fsp3) is 0.125. The van der Waals surface area contributed by atoms with Crippen molar-refractivity contribution in [2.45, 2.75) is 12.1 Å². The highest BCUT2D eigenvalue weighted by Gasteiger charge is 2.19. The molecule has 0 spiro atoms. The summed E-state index contributed by atoms with van der Waals surface area (Å²) < 4.78 is 8.20. The van der Waals surface area contributed by atoms with Crippen molar-refractivity contribution in [1.29, 1.82) is 0 Å². The molecule has 1 aromatic heterocycles. The maximum Gasteiger partial charge on any atom is 0.234 e. The largest absolute Gasteiger partial charge is 0.495 e. The molecule has 162 valence electrons. The predicted octanol–water partition coefficient (Wildman–Crippen LogP) is 5.74. The van der Waals surface area contributed by atoms with Crippen LogP contribution in [0.15, 0.2) is 82.4 Å². The third kappa shape index (κ3) is 4.87. The van der Waals surface area contributed by atoms with Crippen molar-refractivity contribution in [1.82, 2.24) is 14.8 Å². The molecule has 4 rings (SSSR count). The Hall–Kier alpha value is -3.10. The van der Waals surface area contributed by atoms with Crippen molar-refractivity contribution in [2.24, 2.45) is 0 Å². The lowest BCUT2D eigenvalue weighted by atomic mass is 10.2.